The second-order valence-electron chi connectivity index (χ2n) is 7.89. The predicted molar refractivity (Wildman–Crippen MR) is 73.1 cm³/mol. The number of hydrogen-bond donors (Lipinski definition) is 0. The fourth-order valence-electron chi connectivity index (χ4n) is 4.14. The number of likely N-dealkylation sites (tertiary alicyclic amines) is 1. The predicted octanol–water partition coefficient (Wildman–Crippen LogP) is 3.32. The van der Waals surface area contributed by atoms with Gasteiger partial charge in [0.25, 0.3) is 0 Å². The van der Waals surface area contributed by atoms with Crippen LogP contribution in [0.5, 0.6) is 0 Å². The fourth-order valence-corrected chi connectivity index (χ4v) is 4.14. The molecule has 0 radical (unpaired) electrons. The highest BCUT2D eigenvalue weighted by atomic mass is 16.2. The van der Waals surface area contributed by atoms with Gasteiger partial charge in [0.05, 0.1) is 0 Å². The Kier molecular flexibility index (Phi) is 2.95. The van der Waals surface area contributed by atoms with E-state index in [-0.39, 0.29) is 0 Å². The number of piperidine rings is 1. The number of carbonyl (C=O) groups is 1. The van der Waals surface area contributed by atoms with Crippen LogP contribution in [0.1, 0.15) is 52.9 Å². The summed E-state index contributed by atoms with van der Waals surface area (Å²) in [6.07, 6.45) is 6.21. The molecule has 2 saturated carbocycles. The van der Waals surface area contributed by atoms with E-state index in [0.29, 0.717) is 17.2 Å². The molecule has 3 rings (SSSR count). The Morgan fingerprint density at radius 2 is 1.56 bits per heavy atom. The summed E-state index contributed by atoms with van der Waals surface area (Å²) in [6, 6.07) is 0. The van der Waals surface area contributed by atoms with Crippen molar-refractivity contribution in [2.75, 3.05) is 13.1 Å². The topological polar surface area (TPSA) is 20.3 Å². The summed E-state index contributed by atoms with van der Waals surface area (Å²) in [5.74, 6) is 3.50. The van der Waals surface area contributed by atoms with Crippen LogP contribution in [0.2, 0.25) is 0 Å². The number of nitrogens with zero attached hydrogens (tertiary/aromatic N) is 1. The number of fused-ring (bicyclic) bond motifs is 1. The van der Waals surface area contributed by atoms with Crippen LogP contribution in [0, 0.1) is 29.1 Å². The molecule has 102 valence electrons. The number of hydrogen-bond acceptors (Lipinski definition) is 1. The SMILES string of the molecule is CC(C)(C)C1CCN(C(=O)C2CC3CC3C2)CC1. The van der Waals surface area contributed by atoms with Gasteiger partial charge in [0.2, 0.25) is 5.91 Å². The molecule has 0 aromatic carbocycles. The van der Waals surface area contributed by atoms with Gasteiger partial charge in [0.15, 0.2) is 0 Å². The van der Waals surface area contributed by atoms with Gasteiger partial charge < -0.3 is 4.90 Å². The summed E-state index contributed by atoms with van der Waals surface area (Å²) in [7, 11) is 0. The molecule has 1 saturated heterocycles. The summed E-state index contributed by atoms with van der Waals surface area (Å²) in [5.41, 5.74) is 0.407. The van der Waals surface area contributed by atoms with E-state index in [0.717, 1.165) is 30.8 Å². The van der Waals surface area contributed by atoms with Crippen LogP contribution >= 0.6 is 0 Å². The van der Waals surface area contributed by atoms with Crippen LogP contribution in [0.3, 0.4) is 0 Å². The number of carbonyl (C=O) groups excluding carboxylic acids is 1. The fraction of sp³-hybridized carbons (Fsp3) is 0.938. The minimum absolute atomic E-state index is 0.389. The van der Waals surface area contributed by atoms with Crippen LogP contribution in [0.25, 0.3) is 0 Å². The lowest BCUT2D eigenvalue weighted by molar-refractivity contribution is -0.137. The average Bonchev–Trinajstić information content (AvgIpc) is 2.94. The molecule has 2 atom stereocenters. The van der Waals surface area contributed by atoms with E-state index in [1.807, 2.05) is 0 Å². The van der Waals surface area contributed by atoms with Crippen molar-refractivity contribution in [2.45, 2.75) is 52.9 Å². The highest BCUT2D eigenvalue weighted by Gasteiger charge is 2.49. The molecule has 1 amide bonds. The van der Waals surface area contributed by atoms with Crippen molar-refractivity contribution in [1.82, 2.24) is 4.90 Å². The molecule has 1 aliphatic heterocycles. The van der Waals surface area contributed by atoms with Crippen molar-refractivity contribution in [3.8, 4) is 0 Å². The lowest BCUT2D eigenvalue weighted by atomic mass is 9.75. The van der Waals surface area contributed by atoms with Gasteiger partial charge in [-0.05, 0) is 55.3 Å². The number of amides is 1. The first kappa shape index (κ1) is 12.5. The van der Waals surface area contributed by atoms with Crippen molar-refractivity contribution >= 4 is 5.91 Å². The molecule has 2 aliphatic carbocycles. The highest BCUT2D eigenvalue weighted by Crippen LogP contribution is 2.54. The van der Waals surface area contributed by atoms with Crippen molar-refractivity contribution < 1.29 is 4.79 Å². The zero-order valence-corrected chi connectivity index (χ0v) is 12.1. The average molecular weight is 249 g/mol. The largest absolute Gasteiger partial charge is 0.342 e. The third kappa shape index (κ3) is 2.31. The van der Waals surface area contributed by atoms with Crippen molar-refractivity contribution in [3.63, 3.8) is 0 Å². The zero-order valence-electron chi connectivity index (χ0n) is 12.1. The maximum atomic E-state index is 12.4. The first-order chi connectivity index (χ1) is 8.45. The molecule has 0 N–H and O–H groups in total. The van der Waals surface area contributed by atoms with Crippen LogP contribution in [0.15, 0.2) is 0 Å². The molecule has 0 aromatic rings. The molecule has 18 heavy (non-hydrogen) atoms. The standard InChI is InChI=1S/C16H27NO/c1-16(2,3)14-4-6-17(7-5-14)15(18)13-9-11-8-12(11)10-13/h11-14H,4-10H2,1-3H3. The molecule has 3 fully saturated rings. The maximum absolute atomic E-state index is 12.4. The zero-order chi connectivity index (χ0) is 12.9. The molecule has 3 aliphatic rings. The minimum Gasteiger partial charge on any atom is -0.342 e. The molecule has 0 bridgehead atoms. The van der Waals surface area contributed by atoms with Gasteiger partial charge in [-0.2, -0.15) is 0 Å². The van der Waals surface area contributed by atoms with Gasteiger partial charge >= 0.3 is 0 Å². The molecule has 2 heteroatoms. The van der Waals surface area contributed by atoms with Gasteiger partial charge in [-0.1, -0.05) is 20.8 Å². The van der Waals surface area contributed by atoms with Crippen LogP contribution in [-0.4, -0.2) is 23.9 Å². The van der Waals surface area contributed by atoms with Gasteiger partial charge in [-0.3, -0.25) is 4.79 Å². The van der Waals surface area contributed by atoms with E-state index < -0.39 is 0 Å². The molecule has 1 heterocycles. The Bertz CT molecular complexity index is 325. The van der Waals surface area contributed by atoms with Gasteiger partial charge in [-0.25, -0.2) is 0 Å². The van der Waals surface area contributed by atoms with Crippen LogP contribution in [0.4, 0.5) is 0 Å². The minimum atomic E-state index is 0.389. The summed E-state index contributed by atoms with van der Waals surface area (Å²) in [5, 5.41) is 0. The Balaban J connectivity index is 1.51. The second kappa shape index (κ2) is 4.25. The summed E-state index contributed by atoms with van der Waals surface area (Å²) in [4.78, 5) is 14.6. The Morgan fingerprint density at radius 1 is 1.00 bits per heavy atom. The lowest BCUT2D eigenvalue weighted by Crippen LogP contribution is -2.43. The summed E-state index contributed by atoms with van der Waals surface area (Å²) < 4.78 is 0. The highest BCUT2D eigenvalue weighted by molar-refractivity contribution is 5.79. The molecular formula is C16H27NO. The van der Waals surface area contributed by atoms with Crippen molar-refractivity contribution in [3.05, 3.63) is 0 Å². The second-order valence-corrected chi connectivity index (χ2v) is 7.89. The van der Waals surface area contributed by atoms with E-state index in [1.165, 1.54) is 32.1 Å². The van der Waals surface area contributed by atoms with Gasteiger partial charge in [0.1, 0.15) is 0 Å². The maximum Gasteiger partial charge on any atom is 0.225 e. The van der Waals surface area contributed by atoms with E-state index in [2.05, 4.69) is 25.7 Å². The van der Waals surface area contributed by atoms with Crippen molar-refractivity contribution in [2.24, 2.45) is 29.1 Å². The smallest absolute Gasteiger partial charge is 0.225 e. The first-order valence-corrected chi connectivity index (χ1v) is 7.74. The van der Waals surface area contributed by atoms with Crippen LogP contribution in [-0.2, 0) is 4.79 Å². The normalized spacial score (nSPS) is 36.6. The number of rotatable bonds is 1. The van der Waals surface area contributed by atoms with Crippen molar-refractivity contribution in [1.29, 1.82) is 0 Å². The summed E-state index contributed by atoms with van der Waals surface area (Å²) >= 11 is 0. The lowest BCUT2D eigenvalue weighted by Gasteiger charge is -2.39. The Labute approximate surface area is 111 Å². The molecular weight excluding hydrogens is 222 g/mol. The van der Waals surface area contributed by atoms with E-state index in [9.17, 15) is 4.79 Å². The third-order valence-electron chi connectivity index (χ3n) is 5.62. The van der Waals surface area contributed by atoms with Gasteiger partial charge in [0, 0.05) is 19.0 Å². The quantitative estimate of drug-likeness (QED) is 0.698. The molecule has 2 nitrogen and oxygen atoms in total. The third-order valence-corrected chi connectivity index (χ3v) is 5.62. The Hall–Kier alpha value is -0.530. The van der Waals surface area contributed by atoms with E-state index >= 15 is 0 Å². The molecule has 0 aromatic heterocycles. The first-order valence-electron chi connectivity index (χ1n) is 7.74. The summed E-state index contributed by atoms with van der Waals surface area (Å²) in [6.45, 7) is 9.01. The molecule has 0 spiro atoms. The van der Waals surface area contributed by atoms with E-state index in [1.54, 1.807) is 0 Å². The van der Waals surface area contributed by atoms with E-state index in [4.69, 9.17) is 0 Å². The monoisotopic (exact) mass is 249 g/mol. The molecule has 2 unspecified atom stereocenters. The van der Waals surface area contributed by atoms with Gasteiger partial charge in [-0.15, -0.1) is 0 Å². The van der Waals surface area contributed by atoms with Crippen LogP contribution < -0.4 is 0 Å². The Morgan fingerprint density at radius 3 is 2.06 bits per heavy atom.